The number of halogens is 4. The summed E-state index contributed by atoms with van der Waals surface area (Å²) in [5, 5.41) is 11.4. The van der Waals surface area contributed by atoms with Crippen LogP contribution >= 0.6 is 0 Å². The maximum absolute atomic E-state index is 13.1. The Morgan fingerprint density at radius 3 is 2.57 bits per heavy atom. The van der Waals surface area contributed by atoms with Crippen molar-refractivity contribution in [2.75, 3.05) is 6.61 Å². The van der Waals surface area contributed by atoms with Gasteiger partial charge in [0.2, 0.25) is 0 Å². The molecule has 0 radical (unpaired) electrons. The lowest BCUT2D eigenvalue weighted by atomic mass is 10.0. The Morgan fingerprint density at radius 2 is 2.05 bits per heavy atom. The van der Waals surface area contributed by atoms with Crippen molar-refractivity contribution in [1.82, 2.24) is 0 Å². The summed E-state index contributed by atoms with van der Waals surface area (Å²) in [7, 11) is 0. The molecule has 4 nitrogen and oxygen atoms in total. The fourth-order valence-corrected chi connectivity index (χ4v) is 2.02. The molecule has 1 aliphatic carbocycles. The zero-order valence-electron chi connectivity index (χ0n) is 11.0. The first-order chi connectivity index (χ1) is 9.76. The molecule has 2 rings (SSSR count). The maximum atomic E-state index is 13.1. The first kappa shape index (κ1) is 15.4. The van der Waals surface area contributed by atoms with Gasteiger partial charge in [-0.15, -0.1) is 0 Å². The predicted molar refractivity (Wildman–Crippen MR) is 66.6 cm³/mol. The Bertz CT molecular complexity index is 554. The van der Waals surface area contributed by atoms with E-state index < -0.39 is 17.6 Å². The highest BCUT2D eigenvalue weighted by Gasteiger charge is 2.44. The molecule has 8 heteroatoms. The van der Waals surface area contributed by atoms with Crippen LogP contribution in [0.15, 0.2) is 23.4 Å². The Hall–Kier alpha value is -1.99. The molecule has 0 amide bonds. The SMILES string of the molecule is N/C(CC1(COc2ccc(F)c(C(F)(F)F)c2)CC1)=N/O. The second kappa shape index (κ2) is 5.42. The number of hydrogen-bond donors (Lipinski definition) is 2. The number of ether oxygens (including phenoxy) is 1. The van der Waals surface area contributed by atoms with E-state index in [-0.39, 0.29) is 23.6 Å². The standard InChI is InChI=1S/C13H14F4N2O2/c14-10-2-1-8(5-9(10)13(15,16)17)21-7-12(3-4-12)6-11(18)19-20/h1-2,5,20H,3-4,6-7H2,(H2,18,19). The lowest BCUT2D eigenvalue weighted by molar-refractivity contribution is -0.140. The summed E-state index contributed by atoms with van der Waals surface area (Å²) in [5.41, 5.74) is 3.74. The Balaban J connectivity index is 2.04. The van der Waals surface area contributed by atoms with Gasteiger partial charge in [0.25, 0.3) is 0 Å². The molecule has 0 atom stereocenters. The van der Waals surface area contributed by atoms with Gasteiger partial charge in [-0.3, -0.25) is 0 Å². The number of amidine groups is 1. The lowest BCUT2D eigenvalue weighted by Crippen LogP contribution is -2.22. The minimum absolute atomic E-state index is 0.0474. The summed E-state index contributed by atoms with van der Waals surface area (Å²) in [5.74, 6) is -1.35. The summed E-state index contributed by atoms with van der Waals surface area (Å²) in [6, 6.07) is 2.50. The van der Waals surface area contributed by atoms with Gasteiger partial charge in [0.15, 0.2) is 0 Å². The first-order valence-corrected chi connectivity index (χ1v) is 6.22. The summed E-state index contributed by atoms with van der Waals surface area (Å²) in [4.78, 5) is 0. The number of nitrogens with zero attached hydrogens (tertiary/aromatic N) is 1. The molecule has 0 unspecified atom stereocenters. The van der Waals surface area contributed by atoms with Crippen molar-refractivity contribution >= 4 is 5.84 Å². The Kier molecular flexibility index (Phi) is 3.97. The predicted octanol–water partition coefficient (Wildman–Crippen LogP) is 3.14. The van der Waals surface area contributed by atoms with Crippen LogP contribution < -0.4 is 10.5 Å². The summed E-state index contributed by atoms with van der Waals surface area (Å²) < 4.78 is 56.2. The van der Waals surface area contributed by atoms with Crippen molar-refractivity contribution in [1.29, 1.82) is 0 Å². The van der Waals surface area contributed by atoms with Crippen LogP contribution in [0.2, 0.25) is 0 Å². The van der Waals surface area contributed by atoms with Gasteiger partial charge in [-0.1, -0.05) is 5.16 Å². The van der Waals surface area contributed by atoms with E-state index in [0.717, 1.165) is 25.0 Å². The highest BCUT2D eigenvalue weighted by atomic mass is 19.4. The normalized spacial score (nSPS) is 17.6. The van der Waals surface area contributed by atoms with Crippen molar-refractivity contribution < 1.29 is 27.5 Å². The third-order valence-corrected chi connectivity index (χ3v) is 3.43. The fourth-order valence-electron chi connectivity index (χ4n) is 2.02. The largest absolute Gasteiger partial charge is 0.493 e. The highest BCUT2D eigenvalue weighted by Crippen LogP contribution is 2.49. The monoisotopic (exact) mass is 306 g/mol. The van der Waals surface area contributed by atoms with Gasteiger partial charge in [-0.2, -0.15) is 13.2 Å². The molecular weight excluding hydrogens is 292 g/mol. The van der Waals surface area contributed by atoms with E-state index >= 15 is 0 Å². The van der Waals surface area contributed by atoms with E-state index in [1.165, 1.54) is 0 Å². The number of hydrogen-bond acceptors (Lipinski definition) is 3. The van der Waals surface area contributed by atoms with Crippen LogP contribution in [0.3, 0.4) is 0 Å². The van der Waals surface area contributed by atoms with Crippen LogP contribution in [-0.4, -0.2) is 17.6 Å². The molecule has 0 heterocycles. The van der Waals surface area contributed by atoms with Crippen molar-refractivity contribution in [3.8, 4) is 5.75 Å². The van der Waals surface area contributed by atoms with E-state index in [9.17, 15) is 17.6 Å². The molecule has 21 heavy (non-hydrogen) atoms. The number of benzene rings is 1. The van der Waals surface area contributed by atoms with E-state index in [1.807, 2.05) is 0 Å². The molecule has 1 aromatic rings. The zero-order valence-corrected chi connectivity index (χ0v) is 11.0. The minimum Gasteiger partial charge on any atom is -0.493 e. The average Bonchev–Trinajstić information content (AvgIpc) is 3.16. The van der Waals surface area contributed by atoms with Gasteiger partial charge < -0.3 is 15.7 Å². The third kappa shape index (κ3) is 3.77. The maximum Gasteiger partial charge on any atom is 0.419 e. The van der Waals surface area contributed by atoms with Crippen molar-refractivity contribution in [2.24, 2.45) is 16.3 Å². The average molecular weight is 306 g/mol. The van der Waals surface area contributed by atoms with Crippen molar-refractivity contribution in [3.63, 3.8) is 0 Å². The molecule has 116 valence electrons. The Labute approximate surface area is 118 Å². The number of rotatable bonds is 5. The summed E-state index contributed by atoms with van der Waals surface area (Å²) in [6.07, 6.45) is -2.92. The van der Waals surface area contributed by atoms with E-state index in [1.54, 1.807) is 0 Å². The second-order valence-electron chi connectivity index (χ2n) is 5.20. The molecule has 0 aliphatic heterocycles. The molecule has 0 aromatic heterocycles. The van der Waals surface area contributed by atoms with E-state index in [2.05, 4.69) is 5.16 Å². The zero-order chi connectivity index (χ0) is 15.7. The number of oxime groups is 1. The third-order valence-electron chi connectivity index (χ3n) is 3.43. The number of nitrogens with two attached hydrogens (primary N) is 1. The van der Waals surface area contributed by atoms with Crippen LogP contribution in [0.1, 0.15) is 24.8 Å². The quantitative estimate of drug-likeness (QED) is 0.289. The van der Waals surface area contributed by atoms with Crippen LogP contribution in [0.5, 0.6) is 5.75 Å². The van der Waals surface area contributed by atoms with Crippen LogP contribution in [0.25, 0.3) is 0 Å². The molecule has 1 fully saturated rings. The van der Waals surface area contributed by atoms with E-state index in [4.69, 9.17) is 15.7 Å². The smallest absolute Gasteiger partial charge is 0.419 e. The Morgan fingerprint density at radius 1 is 1.38 bits per heavy atom. The molecule has 1 saturated carbocycles. The highest BCUT2D eigenvalue weighted by molar-refractivity contribution is 5.80. The van der Waals surface area contributed by atoms with Gasteiger partial charge in [0, 0.05) is 11.8 Å². The molecule has 0 bridgehead atoms. The van der Waals surface area contributed by atoms with Gasteiger partial charge >= 0.3 is 6.18 Å². The molecule has 0 saturated heterocycles. The molecule has 1 aliphatic rings. The van der Waals surface area contributed by atoms with E-state index in [0.29, 0.717) is 12.5 Å². The molecule has 1 aromatic carbocycles. The van der Waals surface area contributed by atoms with Gasteiger partial charge in [-0.25, -0.2) is 4.39 Å². The summed E-state index contributed by atoms with van der Waals surface area (Å²) in [6.45, 7) is 0.131. The lowest BCUT2D eigenvalue weighted by Gasteiger charge is -2.16. The summed E-state index contributed by atoms with van der Waals surface area (Å²) >= 11 is 0. The van der Waals surface area contributed by atoms with Gasteiger partial charge in [0.05, 0.1) is 12.2 Å². The van der Waals surface area contributed by atoms with Gasteiger partial charge in [-0.05, 0) is 31.0 Å². The van der Waals surface area contributed by atoms with Gasteiger partial charge in [0.1, 0.15) is 17.4 Å². The topological polar surface area (TPSA) is 67.8 Å². The first-order valence-electron chi connectivity index (χ1n) is 6.22. The number of alkyl halides is 3. The molecule has 3 N–H and O–H groups in total. The van der Waals surface area contributed by atoms with Crippen LogP contribution in [0.4, 0.5) is 17.6 Å². The molecule has 0 spiro atoms. The fraction of sp³-hybridized carbons (Fsp3) is 0.462. The van der Waals surface area contributed by atoms with Crippen molar-refractivity contribution in [3.05, 3.63) is 29.6 Å². The van der Waals surface area contributed by atoms with Crippen LogP contribution in [0, 0.1) is 11.2 Å². The minimum atomic E-state index is -4.77. The van der Waals surface area contributed by atoms with Crippen LogP contribution in [-0.2, 0) is 6.18 Å². The van der Waals surface area contributed by atoms with Crippen molar-refractivity contribution in [2.45, 2.75) is 25.4 Å². The second-order valence-corrected chi connectivity index (χ2v) is 5.20. The molecular formula is C13H14F4N2O2.